The molecule has 1 unspecified atom stereocenters. The Morgan fingerprint density at radius 2 is 1.47 bits per heavy atom. The Labute approximate surface area is 109 Å². The molecule has 0 aromatic rings. The van der Waals surface area contributed by atoms with Crippen LogP contribution in [-0.4, -0.2) is 37.6 Å². The van der Waals surface area contributed by atoms with Crippen molar-refractivity contribution in [1.29, 1.82) is 0 Å². The van der Waals surface area contributed by atoms with Gasteiger partial charge in [-0.05, 0) is 46.3 Å². The first kappa shape index (κ1) is 16.9. The number of hydrogen-bond donors (Lipinski definition) is 1. The van der Waals surface area contributed by atoms with Crippen LogP contribution in [0.15, 0.2) is 0 Å². The molecule has 0 aliphatic carbocycles. The average molecular weight is 242 g/mol. The first-order valence-corrected chi connectivity index (χ1v) is 7.36. The second-order valence-electron chi connectivity index (χ2n) is 5.46. The number of nitrogens with zero attached hydrogens (tertiary/aromatic N) is 1. The molecule has 0 aliphatic heterocycles. The average Bonchev–Trinajstić information content (AvgIpc) is 2.34. The maximum absolute atomic E-state index is 3.58. The number of likely N-dealkylation sites (N-methyl/N-ethyl adjacent to an activating group) is 2. The van der Waals surface area contributed by atoms with Crippen LogP contribution in [0.2, 0.25) is 0 Å². The Bertz CT molecular complexity index is 181. The Morgan fingerprint density at radius 3 is 1.71 bits per heavy atom. The molecule has 0 fully saturated rings. The molecule has 0 aromatic carbocycles. The lowest BCUT2D eigenvalue weighted by Crippen LogP contribution is -2.58. The smallest absolute Gasteiger partial charge is 0.0351 e. The van der Waals surface area contributed by atoms with Crippen molar-refractivity contribution in [3.63, 3.8) is 0 Å². The molecule has 2 heteroatoms. The molecule has 0 heterocycles. The molecule has 1 N–H and O–H groups in total. The fourth-order valence-corrected chi connectivity index (χ4v) is 3.25. The summed E-state index contributed by atoms with van der Waals surface area (Å²) in [5.41, 5.74) is 0.303. The fourth-order valence-electron chi connectivity index (χ4n) is 3.25. The zero-order valence-corrected chi connectivity index (χ0v) is 13.1. The van der Waals surface area contributed by atoms with Crippen LogP contribution in [0.5, 0.6) is 0 Å². The van der Waals surface area contributed by atoms with Gasteiger partial charge in [-0.3, -0.25) is 0 Å². The van der Waals surface area contributed by atoms with Crippen LogP contribution in [-0.2, 0) is 0 Å². The van der Waals surface area contributed by atoms with E-state index in [0.717, 1.165) is 5.92 Å². The van der Waals surface area contributed by atoms with E-state index in [1.165, 1.54) is 32.1 Å². The van der Waals surface area contributed by atoms with E-state index < -0.39 is 0 Å². The van der Waals surface area contributed by atoms with Crippen LogP contribution >= 0.6 is 0 Å². The molecule has 0 saturated heterocycles. The van der Waals surface area contributed by atoms with Crippen LogP contribution in [0.3, 0.4) is 0 Å². The minimum Gasteiger partial charge on any atom is -0.315 e. The number of hydrogen-bond acceptors (Lipinski definition) is 2. The maximum Gasteiger partial charge on any atom is 0.0351 e. The van der Waals surface area contributed by atoms with Crippen LogP contribution < -0.4 is 5.32 Å². The lowest BCUT2D eigenvalue weighted by atomic mass is 9.78. The second kappa shape index (κ2) is 8.10. The van der Waals surface area contributed by atoms with Gasteiger partial charge in [0, 0.05) is 11.6 Å². The van der Waals surface area contributed by atoms with Crippen molar-refractivity contribution in [3.8, 4) is 0 Å². The summed E-state index contributed by atoms with van der Waals surface area (Å²) in [4.78, 5) is 2.43. The number of nitrogens with one attached hydrogen (secondary N) is 1. The van der Waals surface area contributed by atoms with E-state index in [4.69, 9.17) is 0 Å². The molecule has 17 heavy (non-hydrogen) atoms. The summed E-state index contributed by atoms with van der Waals surface area (Å²) in [7, 11) is 6.57. The summed E-state index contributed by atoms with van der Waals surface area (Å²) in [6.07, 6.45) is 6.31. The van der Waals surface area contributed by atoms with Crippen molar-refractivity contribution < 1.29 is 0 Å². The molecular weight excluding hydrogens is 208 g/mol. The van der Waals surface area contributed by atoms with Crippen LogP contribution in [0.1, 0.15) is 59.8 Å². The lowest BCUT2D eigenvalue weighted by molar-refractivity contribution is 0.0785. The molecule has 0 bridgehead atoms. The first-order chi connectivity index (χ1) is 8.02. The summed E-state index contributed by atoms with van der Waals surface area (Å²) in [6, 6.07) is 0.595. The summed E-state index contributed by atoms with van der Waals surface area (Å²) >= 11 is 0. The van der Waals surface area contributed by atoms with Crippen molar-refractivity contribution >= 4 is 0 Å². The van der Waals surface area contributed by atoms with Crippen molar-refractivity contribution in [2.75, 3.05) is 21.1 Å². The van der Waals surface area contributed by atoms with Crippen molar-refractivity contribution in [2.24, 2.45) is 5.92 Å². The van der Waals surface area contributed by atoms with Crippen LogP contribution in [0, 0.1) is 5.92 Å². The zero-order chi connectivity index (χ0) is 13.5. The van der Waals surface area contributed by atoms with E-state index >= 15 is 0 Å². The Kier molecular flexibility index (Phi) is 8.06. The maximum atomic E-state index is 3.58. The van der Waals surface area contributed by atoms with Gasteiger partial charge in [-0.1, -0.05) is 40.5 Å². The van der Waals surface area contributed by atoms with Gasteiger partial charge in [0.1, 0.15) is 0 Å². The summed E-state index contributed by atoms with van der Waals surface area (Å²) in [6.45, 7) is 9.27. The summed E-state index contributed by atoms with van der Waals surface area (Å²) in [5, 5.41) is 3.58. The monoisotopic (exact) mass is 242 g/mol. The van der Waals surface area contributed by atoms with Gasteiger partial charge in [0.15, 0.2) is 0 Å². The van der Waals surface area contributed by atoms with Gasteiger partial charge in [0.25, 0.3) is 0 Å². The molecule has 0 rings (SSSR count). The highest BCUT2D eigenvalue weighted by atomic mass is 15.2. The molecule has 104 valence electrons. The van der Waals surface area contributed by atoms with E-state index in [2.05, 4.69) is 59.1 Å². The molecule has 0 spiro atoms. The largest absolute Gasteiger partial charge is 0.315 e. The third-order valence-electron chi connectivity index (χ3n) is 4.84. The minimum atomic E-state index is 0.303. The Hall–Kier alpha value is -0.0800. The summed E-state index contributed by atoms with van der Waals surface area (Å²) in [5.74, 6) is 0.852. The number of rotatable bonds is 9. The Morgan fingerprint density at radius 1 is 1.00 bits per heavy atom. The zero-order valence-electron chi connectivity index (χ0n) is 13.1. The van der Waals surface area contributed by atoms with Gasteiger partial charge in [-0.25, -0.2) is 0 Å². The molecule has 0 saturated carbocycles. The Balaban J connectivity index is 4.90. The van der Waals surface area contributed by atoms with Gasteiger partial charge in [0.05, 0.1) is 0 Å². The third kappa shape index (κ3) is 3.96. The highest BCUT2D eigenvalue weighted by molar-refractivity contribution is 4.97. The topological polar surface area (TPSA) is 15.3 Å². The molecule has 1 atom stereocenters. The molecule has 0 aliphatic rings. The predicted octanol–water partition coefficient (Wildman–Crippen LogP) is 3.52. The molecule has 2 nitrogen and oxygen atoms in total. The van der Waals surface area contributed by atoms with Crippen LogP contribution in [0.25, 0.3) is 0 Å². The van der Waals surface area contributed by atoms with Crippen molar-refractivity contribution in [1.82, 2.24) is 10.2 Å². The highest BCUT2D eigenvalue weighted by Gasteiger charge is 2.37. The standard InChI is InChI=1S/C15H34N2/c1-8-13(9-2)12-14(16-5)15(10-3,11-4)17(6)7/h13-14,16H,8-12H2,1-7H3. The van der Waals surface area contributed by atoms with Gasteiger partial charge in [0.2, 0.25) is 0 Å². The lowest BCUT2D eigenvalue weighted by Gasteiger charge is -2.46. The van der Waals surface area contributed by atoms with Gasteiger partial charge in [-0.15, -0.1) is 0 Å². The highest BCUT2D eigenvalue weighted by Crippen LogP contribution is 2.30. The first-order valence-electron chi connectivity index (χ1n) is 7.36. The second-order valence-corrected chi connectivity index (χ2v) is 5.46. The predicted molar refractivity (Wildman–Crippen MR) is 78.5 cm³/mol. The van der Waals surface area contributed by atoms with E-state index in [0.29, 0.717) is 11.6 Å². The fraction of sp³-hybridized carbons (Fsp3) is 1.00. The SMILES string of the molecule is CCC(CC)CC(NC)C(CC)(CC)N(C)C. The molecule has 0 radical (unpaired) electrons. The summed E-state index contributed by atoms with van der Waals surface area (Å²) < 4.78 is 0. The van der Waals surface area contributed by atoms with E-state index in [-0.39, 0.29) is 0 Å². The van der Waals surface area contributed by atoms with Gasteiger partial charge >= 0.3 is 0 Å². The van der Waals surface area contributed by atoms with Gasteiger partial charge in [-0.2, -0.15) is 0 Å². The van der Waals surface area contributed by atoms with E-state index in [1.807, 2.05) is 0 Å². The van der Waals surface area contributed by atoms with Crippen LogP contribution in [0.4, 0.5) is 0 Å². The van der Waals surface area contributed by atoms with Gasteiger partial charge < -0.3 is 10.2 Å². The quantitative estimate of drug-likeness (QED) is 0.665. The normalized spacial score (nSPS) is 14.6. The van der Waals surface area contributed by atoms with Crippen molar-refractivity contribution in [2.45, 2.75) is 71.4 Å². The molecular formula is C15H34N2. The molecule has 0 amide bonds. The van der Waals surface area contributed by atoms with Crippen molar-refractivity contribution in [3.05, 3.63) is 0 Å². The van der Waals surface area contributed by atoms with E-state index in [1.54, 1.807) is 0 Å². The minimum absolute atomic E-state index is 0.303. The molecule has 0 aromatic heterocycles. The van der Waals surface area contributed by atoms with E-state index in [9.17, 15) is 0 Å². The third-order valence-corrected chi connectivity index (χ3v) is 4.84.